The van der Waals surface area contributed by atoms with Gasteiger partial charge in [-0.2, -0.15) is 0 Å². The minimum absolute atomic E-state index is 0.108. The van der Waals surface area contributed by atoms with E-state index in [4.69, 9.17) is 23.2 Å². The van der Waals surface area contributed by atoms with Gasteiger partial charge in [-0.25, -0.2) is 4.98 Å². The SMILES string of the molecule is Cc1c(-c2cccc(Cl)c2Cl)nc(C2CC2)[nH]c1=O. The molecule has 5 heteroatoms. The quantitative estimate of drug-likeness (QED) is 0.912. The number of benzene rings is 1. The largest absolute Gasteiger partial charge is 0.310 e. The van der Waals surface area contributed by atoms with Crippen LogP contribution in [0.5, 0.6) is 0 Å². The molecule has 0 spiro atoms. The van der Waals surface area contributed by atoms with Gasteiger partial charge in [0.25, 0.3) is 5.56 Å². The summed E-state index contributed by atoms with van der Waals surface area (Å²) in [6, 6.07) is 5.36. The highest BCUT2D eigenvalue weighted by atomic mass is 35.5. The van der Waals surface area contributed by atoms with Gasteiger partial charge in [0.1, 0.15) is 5.82 Å². The Labute approximate surface area is 120 Å². The Kier molecular flexibility index (Phi) is 3.11. The average Bonchev–Trinajstić information content (AvgIpc) is 3.20. The molecule has 0 amide bonds. The molecule has 1 aromatic heterocycles. The first-order valence-electron chi connectivity index (χ1n) is 6.13. The lowest BCUT2D eigenvalue weighted by atomic mass is 10.1. The fourth-order valence-corrected chi connectivity index (χ4v) is 2.44. The molecule has 2 aromatic rings. The summed E-state index contributed by atoms with van der Waals surface area (Å²) in [6.07, 6.45) is 2.16. The summed E-state index contributed by atoms with van der Waals surface area (Å²) in [5, 5.41) is 0.903. The molecule has 0 saturated heterocycles. The average molecular weight is 295 g/mol. The van der Waals surface area contributed by atoms with Crippen molar-refractivity contribution >= 4 is 23.2 Å². The summed E-state index contributed by atoms with van der Waals surface area (Å²) < 4.78 is 0. The zero-order valence-corrected chi connectivity index (χ0v) is 11.8. The van der Waals surface area contributed by atoms with Crippen molar-refractivity contribution in [3.63, 3.8) is 0 Å². The predicted molar refractivity (Wildman–Crippen MR) is 77.0 cm³/mol. The van der Waals surface area contributed by atoms with Gasteiger partial charge < -0.3 is 4.98 Å². The summed E-state index contributed by atoms with van der Waals surface area (Å²) in [7, 11) is 0. The maximum Gasteiger partial charge on any atom is 0.254 e. The van der Waals surface area contributed by atoms with E-state index in [0.29, 0.717) is 32.8 Å². The number of hydrogen-bond donors (Lipinski definition) is 1. The van der Waals surface area contributed by atoms with Crippen LogP contribution < -0.4 is 5.56 Å². The number of nitrogens with one attached hydrogen (secondary N) is 1. The van der Waals surface area contributed by atoms with Gasteiger partial charge in [-0.15, -0.1) is 0 Å². The molecular formula is C14H12Cl2N2O. The van der Waals surface area contributed by atoms with Gasteiger partial charge in [-0.1, -0.05) is 35.3 Å². The number of aromatic nitrogens is 2. The summed E-state index contributed by atoms with van der Waals surface area (Å²) >= 11 is 12.2. The van der Waals surface area contributed by atoms with E-state index in [1.54, 1.807) is 13.0 Å². The fourth-order valence-electron chi connectivity index (χ4n) is 2.05. The third kappa shape index (κ3) is 2.28. The molecule has 0 unspecified atom stereocenters. The van der Waals surface area contributed by atoms with E-state index in [1.807, 2.05) is 12.1 Å². The molecule has 19 heavy (non-hydrogen) atoms. The number of hydrogen-bond acceptors (Lipinski definition) is 2. The van der Waals surface area contributed by atoms with Crippen LogP contribution >= 0.6 is 23.2 Å². The van der Waals surface area contributed by atoms with Crippen molar-refractivity contribution in [1.82, 2.24) is 9.97 Å². The Morgan fingerprint density at radius 1 is 1.32 bits per heavy atom. The van der Waals surface area contributed by atoms with Crippen molar-refractivity contribution in [3.05, 3.63) is 50.0 Å². The van der Waals surface area contributed by atoms with Gasteiger partial charge in [0.2, 0.25) is 0 Å². The Balaban J connectivity index is 2.23. The molecule has 1 aromatic carbocycles. The van der Waals surface area contributed by atoms with Crippen molar-refractivity contribution in [3.8, 4) is 11.3 Å². The molecule has 3 nitrogen and oxygen atoms in total. The van der Waals surface area contributed by atoms with Crippen LogP contribution in [-0.2, 0) is 0 Å². The zero-order chi connectivity index (χ0) is 13.6. The molecule has 1 aliphatic rings. The first kappa shape index (κ1) is 12.7. The van der Waals surface area contributed by atoms with E-state index in [1.165, 1.54) is 0 Å². The molecule has 1 fully saturated rings. The van der Waals surface area contributed by atoms with Crippen LogP contribution in [0.15, 0.2) is 23.0 Å². The van der Waals surface area contributed by atoms with Crippen LogP contribution in [0.2, 0.25) is 10.0 Å². The van der Waals surface area contributed by atoms with Crippen LogP contribution in [0.3, 0.4) is 0 Å². The van der Waals surface area contributed by atoms with Crippen LogP contribution in [0.25, 0.3) is 11.3 Å². The Morgan fingerprint density at radius 2 is 2.05 bits per heavy atom. The second kappa shape index (κ2) is 4.66. The monoisotopic (exact) mass is 294 g/mol. The standard InChI is InChI=1S/C14H12Cl2N2O/c1-7-12(9-3-2-4-10(15)11(9)16)17-13(8-5-6-8)18-14(7)19/h2-4,8H,5-6H2,1H3,(H,17,18,19). The first-order valence-corrected chi connectivity index (χ1v) is 6.88. The van der Waals surface area contributed by atoms with Gasteiger partial charge in [-0.05, 0) is 25.8 Å². The second-order valence-electron chi connectivity index (χ2n) is 4.80. The molecule has 3 rings (SSSR count). The molecule has 0 radical (unpaired) electrons. The van der Waals surface area contributed by atoms with E-state index in [-0.39, 0.29) is 5.56 Å². The molecule has 98 valence electrons. The van der Waals surface area contributed by atoms with Crippen LogP contribution in [0, 0.1) is 6.92 Å². The minimum atomic E-state index is -0.108. The van der Waals surface area contributed by atoms with Crippen LogP contribution in [0.1, 0.15) is 30.1 Å². The van der Waals surface area contributed by atoms with Gasteiger partial charge in [0.15, 0.2) is 0 Å². The normalized spacial score (nSPS) is 14.7. The summed E-state index contributed by atoms with van der Waals surface area (Å²) in [5.41, 5.74) is 1.79. The highest BCUT2D eigenvalue weighted by Gasteiger charge is 2.27. The Bertz CT molecular complexity index is 705. The summed E-state index contributed by atoms with van der Waals surface area (Å²) in [5.74, 6) is 1.13. The number of nitrogens with zero attached hydrogens (tertiary/aromatic N) is 1. The number of rotatable bonds is 2. The molecule has 0 aliphatic heterocycles. The van der Waals surface area contributed by atoms with Crippen LogP contribution in [0.4, 0.5) is 0 Å². The van der Waals surface area contributed by atoms with E-state index in [2.05, 4.69) is 9.97 Å². The van der Waals surface area contributed by atoms with E-state index in [0.717, 1.165) is 18.7 Å². The van der Waals surface area contributed by atoms with Crippen LogP contribution in [-0.4, -0.2) is 9.97 Å². The third-order valence-electron chi connectivity index (χ3n) is 3.34. The van der Waals surface area contributed by atoms with Gasteiger partial charge >= 0.3 is 0 Å². The van der Waals surface area contributed by atoms with E-state index < -0.39 is 0 Å². The summed E-state index contributed by atoms with van der Waals surface area (Å²) in [4.78, 5) is 19.4. The lowest BCUT2D eigenvalue weighted by Crippen LogP contribution is -2.15. The first-order chi connectivity index (χ1) is 9.08. The van der Waals surface area contributed by atoms with Crippen molar-refractivity contribution in [2.24, 2.45) is 0 Å². The van der Waals surface area contributed by atoms with Crippen molar-refractivity contribution < 1.29 is 0 Å². The topological polar surface area (TPSA) is 45.8 Å². The Morgan fingerprint density at radius 3 is 2.74 bits per heavy atom. The fraction of sp³-hybridized carbons (Fsp3) is 0.286. The molecule has 0 bridgehead atoms. The van der Waals surface area contributed by atoms with Gasteiger partial charge in [0, 0.05) is 17.0 Å². The van der Waals surface area contributed by atoms with Crippen molar-refractivity contribution in [1.29, 1.82) is 0 Å². The van der Waals surface area contributed by atoms with Crippen molar-refractivity contribution in [2.75, 3.05) is 0 Å². The smallest absolute Gasteiger partial charge is 0.254 e. The number of halogens is 2. The predicted octanol–water partition coefficient (Wildman–Crippen LogP) is 3.93. The second-order valence-corrected chi connectivity index (χ2v) is 5.59. The van der Waals surface area contributed by atoms with Crippen molar-refractivity contribution in [2.45, 2.75) is 25.7 Å². The Hall–Kier alpha value is -1.32. The van der Waals surface area contributed by atoms with Gasteiger partial charge in [0.05, 0.1) is 15.7 Å². The molecule has 1 N–H and O–H groups in total. The number of aromatic amines is 1. The maximum absolute atomic E-state index is 12.0. The third-order valence-corrected chi connectivity index (χ3v) is 4.16. The lowest BCUT2D eigenvalue weighted by Gasteiger charge is -2.09. The van der Waals surface area contributed by atoms with E-state index >= 15 is 0 Å². The maximum atomic E-state index is 12.0. The highest BCUT2D eigenvalue weighted by Crippen LogP contribution is 2.39. The molecule has 0 atom stereocenters. The highest BCUT2D eigenvalue weighted by molar-refractivity contribution is 6.43. The molecule has 1 aliphatic carbocycles. The zero-order valence-electron chi connectivity index (χ0n) is 10.3. The molecular weight excluding hydrogens is 283 g/mol. The van der Waals surface area contributed by atoms with Gasteiger partial charge in [-0.3, -0.25) is 4.79 Å². The summed E-state index contributed by atoms with van der Waals surface area (Å²) in [6.45, 7) is 1.75. The lowest BCUT2D eigenvalue weighted by molar-refractivity contribution is 0.901. The van der Waals surface area contributed by atoms with E-state index in [9.17, 15) is 4.79 Å². The minimum Gasteiger partial charge on any atom is -0.310 e. The molecule has 1 saturated carbocycles. The number of H-pyrrole nitrogens is 1. The molecule has 1 heterocycles.